The number of nitrogens with zero attached hydrogens (tertiary/aromatic N) is 3. The Hall–Kier alpha value is -1.50. The van der Waals surface area contributed by atoms with Gasteiger partial charge in [-0.05, 0) is 25.0 Å². The molecule has 0 unspecified atom stereocenters. The lowest BCUT2D eigenvalue weighted by Gasteiger charge is -2.35. The van der Waals surface area contributed by atoms with Crippen molar-refractivity contribution in [3.05, 3.63) is 29.6 Å². The Kier molecular flexibility index (Phi) is 5.71. The summed E-state index contributed by atoms with van der Waals surface area (Å²) < 4.78 is 11.1. The minimum absolute atomic E-state index is 0.0102. The molecule has 2 aliphatic rings. The largest absolute Gasteiger partial charge is 0.383 e. The van der Waals surface area contributed by atoms with Gasteiger partial charge >= 0.3 is 0 Å². The van der Waals surface area contributed by atoms with Crippen LogP contribution < -0.4 is 0 Å². The van der Waals surface area contributed by atoms with Gasteiger partial charge in [-0.3, -0.25) is 4.79 Å². The van der Waals surface area contributed by atoms with Crippen LogP contribution in [-0.4, -0.2) is 80.3 Å². The molecule has 6 heteroatoms. The number of likely N-dealkylation sites (tertiary alicyclic amines) is 1. The molecule has 3 rings (SSSR count). The SMILES string of the molecule is COCCN1C[C@H](C)[C@]2(COCCN(C(=O)c3cccc(C)n3)C2)C1. The highest BCUT2D eigenvalue weighted by molar-refractivity contribution is 5.92. The minimum Gasteiger partial charge on any atom is -0.383 e. The third kappa shape index (κ3) is 4.02. The van der Waals surface area contributed by atoms with E-state index in [4.69, 9.17) is 9.47 Å². The Morgan fingerprint density at radius 2 is 2.28 bits per heavy atom. The van der Waals surface area contributed by atoms with Gasteiger partial charge in [-0.15, -0.1) is 0 Å². The summed E-state index contributed by atoms with van der Waals surface area (Å²) in [6.45, 7) is 10.5. The Morgan fingerprint density at radius 3 is 3.04 bits per heavy atom. The zero-order valence-corrected chi connectivity index (χ0v) is 15.5. The molecule has 1 aromatic rings. The molecule has 0 saturated carbocycles. The number of aryl methyl sites for hydroxylation is 1. The predicted octanol–water partition coefficient (Wildman–Crippen LogP) is 1.45. The summed E-state index contributed by atoms with van der Waals surface area (Å²) in [6.07, 6.45) is 0. The lowest BCUT2D eigenvalue weighted by atomic mass is 9.79. The van der Waals surface area contributed by atoms with Gasteiger partial charge in [-0.1, -0.05) is 13.0 Å². The molecule has 2 aliphatic heterocycles. The van der Waals surface area contributed by atoms with Crippen LogP contribution in [0.4, 0.5) is 0 Å². The molecule has 0 N–H and O–H groups in total. The summed E-state index contributed by atoms with van der Waals surface area (Å²) in [5.74, 6) is 0.486. The van der Waals surface area contributed by atoms with Crippen LogP contribution in [0, 0.1) is 18.3 Å². The maximum absolute atomic E-state index is 13.0. The molecule has 6 nitrogen and oxygen atoms in total. The van der Waals surface area contributed by atoms with Gasteiger partial charge in [0.1, 0.15) is 5.69 Å². The quantitative estimate of drug-likeness (QED) is 0.825. The van der Waals surface area contributed by atoms with Gasteiger partial charge < -0.3 is 19.3 Å². The zero-order chi connectivity index (χ0) is 17.9. The van der Waals surface area contributed by atoms with Crippen molar-refractivity contribution in [1.82, 2.24) is 14.8 Å². The molecular weight excluding hydrogens is 318 g/mol. The van der Waals surface area contributed by atoms with Crippen molar-refractivity contribution in [2.24, 2.45) is 11.3 Å². The van der Waals surface area contributed by atoms with Gasteiger partial charge in [0.05, 0.1) is 19.8 Å². The van der Waals surface area contributed by atoms with E-state index in [1.807, 2.05) is 24.0 Å². The lowest BCUT2D eigenvalue weighted by Crippen LogP contribution is -2.46. The first-order valence-electron chi connectivity index (χ1n) is 9.06. The standard InChI is InChI=1S/C19H29N3O3/c1-15-11-21(7-9-24-3)12-19(15)13-22(8-10-25-14-19)18(23)17-6-4-5-16(2)20-17/h4-6,15H,7-14H2,1-3H3/t15-,19+/m0/s1. The molecule has 1 aromatic heterocycles. The van der Waals surface area contributed by atoms with Crippen molar-refractivity contribution in [1.29, 1.82) is 0 Å². The van der Waals surface area contributed by atoms with Crippen LogP contribution in [-0.2, 0) is 9.47 Å². The van der Waals surface area contributed by atoms with E-state index in [1.165, 1.54) is 0 Å². The predicted molar refractivity (Wildman–Crippen MR) is 95.6 cm³/mol. The van der Waals surface area contributed by atoms with Gasteiger partial charge in [0.15, 0.2) is 0 Å². The van der Waals surface area contributed by atoms with Crippen LogP contribution >= 0.6 is 0 Å². The van der Waals surface area contributed by atoms with Crippen molar-refractivity contribution in [3.63, 3.8) is 0 Å². The maximum atomic E-state index is 13.0. The summed E-state index contributed by atoms with van der Waals surface area (Å²) in [5.41, 5.74) is 1.38. The maximum Gasteiger partial charge on any atom is 0.272 e. The second-order valence-electron chi connectivity index (χ2n) is 7.43. The molecule has 2 saturated heterocycles. The van der Waals surface area contributed by atoms with Crippen LogP contribution in [0.5, 0.6) is 0 Å². The molecule has 0 aliphatic carbocycles. The number of rotatable bonds is 4. The average molecular weight is 347 g/mol. The summed E-state index contributed by atoms with van der Waals surface area (Å²) in [5, 5.41) is 0. The Labute approximate surface area is 150 Å². The number of pyridine rings is 1. The van der Waals surface area contributed by atoms with E-state index in [2.05, 4.69) is 16.8 Å². The fourth-order valence-corrected chi connectivity index (χ4v) is 3.98. The average Bonchev–Trinajstić information content (AvgIpc) is 2.77. The molecular formula is C19H29N3O3. The van der Waals surface area contributed by atoms with E-state index in [0.717, 1.165) is 38.5 Å². The highest BCUT2D eigenvalue weighted by atomic mass is 16.5. The number of methoxy groups -OCH3 is 1. The molecule has 0 radical (unpaired) electrons. The molecule has 138 valence electrons. The van der Waals surface area contributed by atoms with Crippen molar-refractivity contribution in [2.75, 3.05) is 59.7 Å². The van der Waals surface area contributed by atoms with Crippen LogP contribution in [0.3, 0.4) is 0 Å². The van der Waals surface area contributed by atoms with Gasteiger partial charge in [0, 0.05) is 50.9 Å². The molecule has 3 heterocycles. The fourth-order valence-electron chi connectivity index (χ4n) is 3.98. The van der Waals surface area contributed by atoms with Gasteiger partial charge in [0.2, 0.25) is 0 Å². The van der Waals surface area contributed by atoms with E-state index in [0.29, 0.717) is 31.4 Å². The second kappa shape index (κ2) is 7.81. The minimum atomic E-state index is -0.0102. The summed E-state index contributed by atoms with van der Waals surface area (Å²) in [6, 6.07) is 5.61. The number of aromatic nitrogens is 1. The third-order valence-corrected chi connectivity index (χ3v) is 5.52. The van der Waals surface area contributed by atoms with E-state index in [1.54, 1.807) is 13.2 Å². The monoisotopic (exact) mass is 347 g/mol. The van der Waals surface area contributed by atoms with Crippen molar-refractivity contribution < 1.29 is 14.3 Å². The Bertz CT molecular complexity index is 609. The number of amides is 1. The number of ether oxygens (including phenoxy) is 2. The van der Waals surface area contributed by atoms with E-state index in [-0.39, 0.29) is 11.3 Å². The number of carbonyl (C=O) groups is 1. The van der Waals surface area contributed by atoms with E-state index < -0.39 is 0 Å². The third-order valence-electron chi connectivity index (χ3n) is 5.52. The van der Waals surface area contributed by atoms with Gasteiger partial charge in [-0.25, -0.2) is 4.98 Å². The molecule has 0 bridgehead atoms. The molecule has 2 atom stereocenters. The second-order valence-corrected chi connectivity index (χ2v) is 7.43. The highest BCUT2D eigenvalue weighted by Gasteiger charge is 2.47. The van der Waals surface area contributed by atoms with Gasteiger partial charge in [-0.2, -0.15) is 0 Å². The first kappa shape index (κ1) is 18.3. The number of hydrogen-bond donors (Lipinski definition) is 0. The molecule has 0 aromatic carbocycles. The molecule has 25 heavy (non-hydrogen) atoms. The highest BCUT2D eigenvalue weighted by Crippen LogP contribution is 2.38. The normalized spacial score (nSPS) is 27.6. The first-order valence-corrected chi connectivity index (χ1v) is 9.06. The lowest BCUT2D eigenvalue weighted by molar-refractivity contribution is 0.0467. The summed E-state index contributed by atoms with van der Waals surface area (Å²) in [4.78, 5) is 21.8. The van der Waals surface area contributed by atoms with Crippen molar-refractivity contribution >= 4 is 5.91 Å². The van der Waals surface area contributed by atoms with E-state index in [9.17, 15) is 4.79 Å². The first-order chi connectivity index (χ1) is 12.0. The van der Waals surface area contributed by atoms with Crippen LogP contribution in [0.25, 0.3) is 0 Å². The Balaban J connectivity index is 1.75. The van der Waals surface area contributed by atoms with Crippen LogP contribution in [0.1, 0.15) is 23.1 Å². The molecule has 1 amide bonds. The van der Waals surface area contributed by atoms with Crippen LogP contribution in [0.15, 0.2) is 18.2 Å². The number of hydrogen-bond acceptors (Lipinski definition) is 5. The fraction of sp³-hybridized carbons (Fsp3) is 0.684. The topological polar surface area (TPSA) is 54.9 Å². The number of carbonyl (C=O) groups excluding carboxylic acids is 1. The molecule has 1 spiro atoms. The smallest absolute Gasteiger partial charge is 0.272 e. The zero-order valence-electron chi connectivity index (χ0n) is 15.5. The molecule has 2 fully saturated rings. The van der Waals surface area contributed by atoms with Gasteiger partial charge in [0.25, 0.3) is 5.91 Å². The Morgan fingerprint density at radius 1 is 1.44 bits per heavy atom. The van der Waals surface area contributed by atoms with Crippen LogP contribution in [0.2, 0.25) is 0 Å². The van der Waals surface area contributed by atoms with Crippen molar-refractivity contribution in [2.45, 2.75) is 13.8 Å². The van der Waals surface area contributed by atoms with Crippen molar-refractivity contribution in [3.8, 4) is 0 Å². The van der Waals surface area contributed by atoms with E-state index >= 15 is 0 Å². The summed E-state index contributed by atoms with van der Waals surface area (Å²) >= 11 is 0. The summed E-state index contributed by atoms with van der Waals surface area (Å²) in [7, 11) is 1.74.